The van der Waals surface area contributed by atoms with Gasteiger partial charge >= 0.3 is 5.69 Å². The van der Waals surface area contributed by atoms with Crippen molar-refractivity contribution in [3.63, 3.8) is 0 Å². The van der Waals surface area contributed by atoms with Gasteiger partial charge in [-0.15, -0.1) is 5.10 Å². The summed E-state index contributed by atoms with van der Waals surface area (Å²) in [5.74, 6) is -0.602. The van der Waals surface area contributed by atoms with Crippen LogP contribution in [0, 0.1) is 5.82 Å². The largest absolute Gasteiger partial charge is 0.366 e. The average molecular weight is 291 g/mol. The van der Waals surface area contributed by atoms with Crippen LogP contribution >= 0.6 is 0 Å². The predicted octanol–water partition coefficient (Wildman–Crippen LogP) is 0.199. The summed E-state index contributed by atoms with van der Waals surface area (Å²) in [6.45, 7) is 1.95. The van der Waals surface area contributed by atoms with Crippen molar-refractivity contribution in [2.24, 2.45) is 0 Å². The van der Waals surface area contributed by atoms with E-state index in [0.717, 1.165) is 0 Å². The fourth-order valence-corrected chi connectivity index (χ4v) is 2.38. The highest BCUT2D eigenvalue weighted by molar-refractivity contribution is 5.90. The Morgan fingerprint density at radius 2 is 1.90 bits per heavy atom. The summed E-state index contributed by atoms with van der Waals surface area (Å²) in [5, 5.41) is 5.79. The standard InChI is InChI=1S/C13H14FN5O2/c14-9-3-1-2-4-10(9)18-5-7-19(8-6-18)12(20)11-15-13(21)17-16-11/h1-4H,5-8H2,(H2,15,16,17,21). The first kappa shape index (κ1) is 13.3. The highest BCUT2D eigenvalue weighted by Crippen LogP contribution is 2.20. The number of para-hydroxylation sites is 1. The van der Waals surface area contributed by atoms with Gasteiger partial charge in [-0.05, 0) is 12.1 Å². The maximum Gasteiger partial charge on any atom is 0.341 e. The Morgan fingerprint density at radius 3 is 2.52 bits per heavy atom. The van der Waals surface area contributed by atoms with Gasteiger partial charge in [0, 0.05) is 26.2 Å². The van der Waals surface area contributed by atoms with Crippen LogP contribution in [0.4, 0.5) is 10.1 Å². The van der Waals surface area contributed by atoms with Gasteiger partial charge in [0.15, 0.2) is 0 Å². The third-order valence-corrected chi connectivity index (χ3v) is 3.46. The third-order valence-electron chi connectivity index (χ3n) is 3.46. The molecule has 7 nitrogen and oxygen atoms in total. The monoisotopic (exact) mass is 291 g/mol. The van der Waals surface area contributed by atoms with Crippen LogP contribution in [0.3, 0.4) is 0 Å². The summed E-state index contributed by atoms with van der Waals surface area (Å²) >= 11 is 0. The molecule has 1 amide bonds. The zero-order valence-corrected chi connectivity index (χ0v) is 11.2. The van der Waals surface area contributed by atoms with Gasteiger partial charge in [-0.25, -0.2) is 14.3 Å². The van der Waals surface area contributed by atoms with Gasteiger partial charge in [-0.2, -0.15) is 0 Å². The molecule has 1 aromatic heterocycles. The van der Waals surface area contributed by atoms with Crippen LogP contribution < -0.4 is 10.6 Å². The van der Waals surface area contributed by atoms with Crippen molar-refractivity contribution in [2.45, 2.75) is 0 Å². The molecule has 0 saturated carbocycles. The first-order valence-electron chi connectivity index (χ1n) is 6.58. The molecule has 2 heterocycles. The lowest BCUT2D eigenvalue weighted by molar-refractivity contribution is 0.0734. The minimum atomic E-state index is -0.511. The Morgan fingerprint density at radius 1 is 1.19 bits per heavy atom. The molecule has 1 fully saturated rings. The molecule has 2 N–H and O–H groups in total. The zero-order chi connectivity index (χ0) is 14.8. The molecule has 1 aromatic carbocycles. The Labute approximate surface area is 119 Å². The first-order valence-corrected chi connectivity index (χ1v) is 6.58. The molecule has 0 unspecified atom stereocenters. The topological polar surface area (TPSA) is 85.1 Å². The van der Waals surface area contributed by atoms with Gasteiger partial charge in [0.1, 0.15) is 5.82 Å². The molecule has 3 rings (SSSR count). The number of hydrogen-bond acceptors (Lipinski definition) is 4. The number of H-pyrrole nitrogens is 2. The number of carbonyl (C=O) groups excluding carboxylic acids is 1. The molecule has 0 bridgehead atoms. The quantitative estimate of drug-likeness (QED) is 0.827. The number of amides is 1. The fourth-order valence-electron chi connectivity index (χ4n) is 2.38. The molecular formula is C13H14FN5O2. The summed E-state index contributed by atoms with van der Waals surface area (Å²) in [5.41, 5.74) is 0.0288. The minimum Gasteiger partial charge on any atom is -0.366 e. The maximum atomic E-state index is 13.7. The van der Waals surface area contributed by atoms with Crippen LogP contribution in [0.25, 0.3) is 0 Å². The summed E-state index contributed by atoms with van der Waals surface area (Å²) in [4.78, 5) is 28.9. The van der Waals surface area contributed by atoms with E-state index in [2.05, 4.69) is 15.2 Å². The van der Waals surface area contributed by atoms with Gasteiger partial charge in [0.25, 0.3) is 5.91 Å². The molecule has 21 heavy (non-hydrogen) atoms. The zero-order valence-electron chi connectivity index (χ0n) is 11.2. The molecule has 0 radical (unpaired) electrons. The van der Waals surface area contributed by atoms with E-state index in [1.165, 1.54) is 6.07 Å². The van der Waals surface area contributed by atoms with E-state index in [4.69, 9.17) is 0 Å². The molecule has 0 atom stereocenters. The van der Waals surface area contributed by atoms with E-state index >= 15 is 0 Å². The van der Waals surface area contributed by atoms with Crippen molar-refractivity contribution in [3.05, 3.63) is 46.4 Å². The Balaban J connectivity index is 1.67. The van der Waals surface area contributed by atoms with E-state index in [1.54, 1.807) is 23.1 Å². The number of piperazine rings is 1. The molecule has 1 saturated heterocycles. The summed E-state index contributed by atoms with van der Waals surface area (Å²) < 4.78 is 13.7. The van der Waals surface area contributed by atoms with Crippen molar-refractivity contribution < 1.29 is 9.18 Å². The number of aromatic nitrogens is 3. The van der Waals surface area contributed by atoms with E-state index in [1.807, 2.05) is 4.90 Å². The third kappa shape index (κ3) is 2.64. The smallest absolute Gasteiger partial charge is 0.341 e. The van der Waals surface area contributed by atoms with E-state index in [0.29, 0.717) is 31.9 Å². The van der Waals surface area contributed by atoms with Gasteiger partial charge in [0.05, 0.1) is 5.69 Å². The SMILES string of the molecule is O=C(c1n[nH]c(=O)[nH]1)N1CCN(c2ccccc2F)CC1. The molecule has 8 heteroatoms. The molecule has 0 aliphatic carbocycles. The lowest BCUT2D eigenvalue weighted by atomic mass is 10.2. The summed E-state index contributed by atoms with van der Waals surface area (Å²) in [7, 11) is 0. The van der Waals surface area contributed by atoms with Crippen molar-refractivity contribution in [3.8, 4) is 0 Å². The van der Waals surface area contributed by atoms with Crippen LogP contribution in [0.15, 0.2) is 29.1 Å². The van der Waals surface area contributed by atoms with Gasteiger partial charge in [0.2, 0.25) is 5.82 Å². The number of carbonyl (C=O) groups is 1. The van der Waals surface area contributed by atoms with Crippen LogP contribution in [-0.4, -0.2) is 52.2 Å². The second-order valence-corrected chi connectivity index (χ2v) is 4.76. The molecule has 110 valence electrons. The van der Waals surface area contributed by atoms with E-state index < -0.39 is 5.69 Å². The van der Waals surface area contributed by atoms with E-state index in [9.17, 15) is 14.0 Å². The molecule has 1 aliphatic rings. The molecule has 0 spiro atoms. The highest BCUT2D eigenvalue weighted by atomic mass is 19.1. The van der Waals surface area contributed by atoms with Gasteiger partial charge in [-0.1, -0.05) is 12.1 Å². The second-order valence-electron chi connectivity index (χ2n) is 4.76. The van der Waals surface area contributed by atoms with Crippen LogP contribution in [0.1, 0.15) is 10.6 Å². The first-order chi connectivity index (χ1) is 10.1. The fraction of sp³-hybridized carbons (Fsp3) is 0.308. The van der Waals surface area contributed by atoms with Crippen molar-refractivity contribution in [2.75, 3.05) is 31.1 Å². The van der Waals surface area contributed by atoms with Gasteiger partial charge < -0.3 is 9.80 Å². The Kier molecular flexibility index (Phi) is 3.43. The lowest BCUT2D eigenvalue weighted by Crippen LogP contribution is -2.49. The number of nitrogens with one attached hydrogen (secondary N) is 2. The molecule has 1 aliphatic heterocycles. The van der Waals surface area contributed by atoms with Gasteiger partial charge in [-0.3, -0.25) is 9.78 Å². The van der Waals surface area contributed by atoms with Crippen molar-refractivity contribution in [1.29, 1.82) is 0 Å². The van der Waals surface area contributed by atoms with Crippen LogP contribution in [0.2, 0.25) is 0 Å². The Bertz CT molecular complexity index is 702. The molecular weight excluding hydrogens is 277 g/mol. The Hall–Kier alpha value is -2.64. The van der Waals surface area contributed by atoms with Crippen LogP contribution in [-0.2, 0) is 0 Å². The highest BCUT2D eigenvalue weighted by Gasteiger charge is 2.25. The number of anilines is 1. The number of rotatable bonds is 2. The number of halogens is 1. The lowest BCUT2D eigenvalue weighted by Gasteiger charge is -2.35. The van der Waals surface area contributed by atoms with Crippen LogP contribution in [0.5, 0.6) is 0 Å². The average Bonchev–Trinajstić information content (AvgIpc) is 2.94. The summed E-state index contributed by atoms with van der Waals surface area (Å²) in [6, 6.07) is 6.57. The maximum absolute atomic E-state index is 13.7. The minimum absolute atomic E-state index is 0.000610. The summed E-state index contributed by atoms with van der Waals surface area (Å²) in [6.07, 6.45) is 0. The number of hydrogen-bond donors (Lipinski definition) is 2. The number of aromatic amines is 2. The number of nitrogens with zero attached hydrogens (tertiary/aromatic N) is 3. The van der Waals surface area contributed by atoms with E-state index in [-0.39, 0.29) is 17.5 Å². The normalized spacial score (nSPS) is 15.3. The number of benzene rings is 1. The molecule has 2 aromatic rings. The predicted molar refractivity (Wildman–Crippen MR) is 73.7 cm³/mol. The van der Waals surface area contributed by atoms with Crippen molar-refractivity contribution >= 4 is 11.6 Å². The van der Waals surface area contributed by atoms with Crippen molar-refractivity contribution in [1.82, 2.24) is 20.1 Å². The second kappa shape index (κ2) is 5.39.